The molecule has 0 radical (unpaired) electrons. The predicted molar refractivity (Wildman–Crippen MR) is 65.9 cm³/mol. The minimum absolute atomic E-state index is 0.00400. The summed E-state index contributed by atoms with van der Waals surface area (Å²) in [4.78, 5) is 12.0. The first-order valence-electron chi connectivity index (χ1n) is 5.52. The van der Waals surface area contributed by atoms with E-state index in [1.54, 1.807) is 0 Å². The summed E-state index contributed by atoms with van der Waals surface area (Å²) < 4.78 is 5.47. The van der Waals surface area contributed by atoms with Gasteiger partial charge in [-0.2, -0.15) is 10.1 Å². The summed E-state index contributed by atoms with van der Waals surface area (Å²) in [5.41, 5.74) is 6.29. The lowest BCUT2D eigenvalue weighted by molar-refractivity contribution is 0.234. The van der Waals surface area contributed by atoms with E-state index in [2.05, 4.69) is 30.5 Å². The second-order valence-corrected chi connectivity index (χ2v) is 3.89. The van der Waals surface area contributed by atoms with Crippen LogP contribution in [0.4, 0.5) is 11.5 Å². The smallest absolute Gasteiger partial charge is 0.242 e. The topological polar surface area (TPSA) is 115 Å². The fourth-order valence-electron chi connectivity index (χ4n) is 1.32. The van der Waals surface area contributed by atoms with Crippen LogP contribution in [-0.2, 0) is 6.54 Å². The van der Waals surface area contributed by atoms with Crippen LogP contribution < -0.4 is 15.8 Å². The van der Waals surface area contributed by atoms with Crippen molar-refractivity contribution >= 4 is 11.5 Å². The molecule has 2 aromatic rings. The molecule has 0 aromatic carbocycles. The van der Waals surface area contributed by atoms with Crippen LogP contribution >= 0.6 is 0 Å². The van der Waals surface area contributed by atoms with Gasteiger partial charge in [0.1, 0.15) is 24.2 Å². The van der Waals surface area contributed by atoms with Crippen molar-refractivity contribution in [3.63, 3.8) is 0 Å². The third-order valence-corrected chi connectivity index (χ3v) is 2.08. The molecule has 0 saturated carbocycles. The number of rotatable bonds is 5. The number of aromatic amines is 1. The van der Waals surface area contributed by atoms with Gasteiger partial charge in [0.25, 0.3) is 0 Å². The number of H-pyrrole nitrogens is 1. The molecule has 0 fully saturated rings. The molecule has 4 N–H and O–H groups in total. The van der Waals surface area contributed by atoms with E-state index < -0.39 is 0 Å². The van der Waals surface area contributed by atoms with E-state index in [1.165, 1.54) is 12.7 Å². The molecule has 2 rings (SSSR count). The Morgan fingerprint density at radius 1 is 1.33 bits per heavy atom. The van der Waals surface area contributed by atoms with Gasteiger partial charge in [-0.05, 0) is 13.8 Å². The number of nitrogens with one attached hydrogen (secondary N) is 2. The minimum atomic E-state index is 0.00400. The molecule has 0 aliphatic heterocycles. The molecule has 8 heteroatoms. The van der Waals surface area contributed by atoms with Gasteiger partial charge in [0.05, 0.1) is 12.6 Å². The molecule has 18 heavy (non-hydrogen) atoms. The Morgan fingerprint density at radius 3 is 2.83 bits per heavy atom. The van der Waals surface area contributed by atoms with Crippen molar-refractivity contribution in [1.29, 1.82) is 0 Å². The molecule has 0 aliphatic rings. The normalized spacial score (nSPS) is 10.6. The molecule has 2 aromatic heterocycles. The molecule has 2 heterocycles. The van der Waals surface area contributed by atoms with Crippen LogP contribution in [0.5, 0.6) is 5.88 Å². The average molecular weight is 249 g/mol. The van der Waals surface area contributed by atoms with Gasteiger partial charge in [-0.15, -0.1) is 0 Å². The number of nitrogens with zero attached hydrogens (tertiary/aromatic N) is 4. The van der Waals surface area contributed by atoms with E-state index in [4.69, 9.17) is 10.5 Å². The number of anilines is 2. The lowest BCUT2D eigenvalue weighted by atomic mass is 10.4. The van der Waals surface area contributed by atoms with Crippen molar-refractivity contribution in [1.82, 2.24) is 25.1 Å². The molecule has 0 spiro atoms. The summed E-state index contributed by atoms with van der Waals surface area (Å²) in [6, 6.07) is 0. The minimum Gasteiger partial charge on any atom is -0.473 e. The monoisotopic (exact) mass is 249 g/mol. The van der Waals surface area contributed by atoms with Crippen LogP contribution in [-0.4, -0.2) is 31.3 Å². The second kappa shape index (κ2) is 5.30. The average Bonchev–Trinajstić information content (AvgIpc) is 2.83. The summed E-state index contributed by atoms with van der Waals surface area (Å²) in [5.74, 6) is 1.58. The van der Waals surface area contributed by atoms with Crippen molar-refractivity contribution in [2.75, 3.05) is 11.1 Å². The number of aromatic nitrogens is 5. The van der Waals surface area contributed by atoms with Gasteiger partial charge >= 0.3 is 0 Å². The van der Waals surface area contributed by atoms with Crippen molar-refractivity contribution in [2.45, 2.75) is 26.5 Å². The van der Waals surface area contributed by atoms with Gasteiger partial charge < -0.3 is 15.8 Å². The first kappa shape index (κ1) is 12.1. The third-order valence-electron chi connectivity index (χ3n) is 2.08. The molecule has 0 unspecified atom stereocenters. The number of hydrogen-bond acceptors (Lipinski definition) is 7. The van der Waals surface area contributed by atoms with E-state index in [0.717, 1.165) is 0 Å². The van der Waals surface area contributed by atoms with Crippen LogP contribution in [0.1, 0.15) is 19.7 Å². The van der Waals surface area contributed by atoms with E-state index in [9.17, 15) is 0 Å². The lowest BCUT2D eigenvalue weighted by Gasteiger charge is -2.13. The highest BCUT2D eigenvalue weighted by molar-refractivity contribution is 5.66. The molecule has 0 atom stereocenters. The molecule has 0 saturated heterocycles. The SMILES string of the molecule is CC(C)Oc1ncnc(NCc2ncn[nH]2)c1N. The van der Waals surface area contributed by atoms with Gasteiger partial charge in [-0.1, -0.05) is 0 Å². The van der Waals surface area contributed by atoms with Gasteiger partial charge in [0.15, 0.2) is 5.82 Å². The maximum Gasteiger partial charge on any atom is 0.242 e. The van der Waals surface area contributed by atoms with E-state index >= 15 is 0 Å². The Labute approximate surface area is 104 Å². The molecule has 96 valence electrons. The van der Waals surface area contributed by atoms with Crippen LogP contribution in [0.15, 0.2) is 12.7 Å². The van der Waals surface area contributed by atoms with Crippen LogP contribution in [0, 0.1) is 0 Å². The highest BCUT2D eigenvalue weighted by atomic mass is 16.5. The maximum absolute atomic E-state index is 5.91. The van der Waals surface area contributed by atoms with Crippen molar-refractivity contribution in [3.8, 4) is 5.88 Å². The Bertz CT molecular complexity index is 497. The van der Waals surface area contributed by atoms with Gasteiger partial charge in [-0.25, -0.2) is 9.97 Å². The Kier molecular flexibility index (Phi) is 3.56. The highest BCUT2D eigenvalue weighted by Crippen LogP contribution is 2.25. The van der Waals surface area contributed by atoms with Crippen LogP contribution in [0.25, 0.3) is 0 Å². The van der Waals surface area contributed by atoms with Gasteiger partial charge in [0, 0.05) is 0 Å². The predicted octanol–water partition coefficient (Wildman–Crippen LogP) is 0.576. The summed E-state index contributed by atoms with van der Waals surface area (Å²) in [6.45, 7) is 4.26. The van der Waals surface area contributed by atoms with E-state index in [1.807, 2.05) is 13.8 Å². The second-order valence-electron chi connectivity index (χ2n) is 3.89. The Hall–Kier alpha value is -2.38. The van der Waals surface area contributed by atoms with E-state index in [0.29, 0.717) is 29.8 Å². The molecule has 8 nitrogen and oxygen atoms in total. The molecule has 0 aliphatic carbocycles. The Balaban J connectivity index is 2.08. The van der Waals surface area contributed by atoms with Crippen molar-refractivity contribution in [3.05, 3.63) is 18.5 Å². The van der Waals surface area contributed by atoms with Crippen LogP contribution in [0.3, 0.4) is 0 Å². The van der Waals surface area contributed by atoms with E-state index in [-0.39, 0.29) is 6.10 Å². The standard InChI is InChI=1S/C10H15N7O/c1-6(2)18-10-8(11)9(14-4-15-10)12-3-7-13-5-16-17-7/h4-6H,3,11H2,1-2H3,(H,12,14,15)(H,13,16,17). The fourth-order valence-corrected chi connectivity index (χ4v) is 1.32. The summed E-state index contributed by atoms with van der Waals surface area (Å²) >= 11 is 0. The number of ether oxygens (including phenoxy) is 1. The first-order chi connectivity index (χ1) is 8.66. The zero-order valence-electron chi connectivity index (χ0n) is 10.2. The third kappa shape index (κ3) is 2.84. The largest absolute Gasteiger partial charge is 0.473 e. The molecular weight excluding hydrogens is 234 g/mol. The molecular formula is C10H15N7O. The van der Waals surface area contributed by atoms with Gasteiger partial charge in [0.2, 0.25) is 5.88 Å². The first-order valence-corrected chi connectivity index (χ1v) is 5.52. The molecule has 0 amide bonds. The number of nitrogen functional groups attached to an aromatic ring is 1. The molecule has 0 bridgehead atoms. The number of hydrogen-bond donors (Lipinski definition) is 3. The highest BCUT2D eigenvalue weighted by Gasteiger charge is 2.10. The van der Waals surface area contributed by atoms with Gasteiger partial charge in [-0.3, -0.25) is 5.10 Å². The zero-order chi connectivity index (χ0) is 13.0. The summed E-state index contributed by atoms with van der Waals surface area (Å²) in [7, 11) is 0. The maximum atomic E-state index is 5.91. The Morgan fingerprint density at radius 2 is 2.17 bits per heavy atom. The summed E-state index contributed by atoms with van der Waals surface area (Å²) in [5, 5.41) is 9.52. The summed E-state index contributed by atoms with van der Waals surface area (Å²) in [6.07, 6.45) is 2.84. The quantitative estimate of drug-likeness (QED) is 0.709. The zero-order valence-corrected chi connectivity index (χ0v) is 10.2. The van der Waals surface area contributed by atoms with Crippen molar-refractivity contribution in [2.24, 2.45) is 0 Å². The fraction of sp³-hybridized carbons (Fsp3) is 0.400. The lowest BCUT2D eigenvalue weighted by Crippen LogP contribution is -2.12. The van der Waals surface area contributed by atoms with Crippen molar-refractivity contribution < 1.29 is 4.74 Å². The number of nitrogens with two attached hydrogens (primary N) is 1. The van der Waals surface area contributed by atoms with Crippen LogP contribution in [0.2, 0.25) is 0 Å².